The molecule has 0 aliphatic carbocycles. The molecule has 0 aromatic carbocycles. The van der Waals surface area contributed by atoms with Crippen LogP contribution in [-0.4, -0.2) is 16.0 Å². The van der Waals surface area contributed by atoms with E-state index in [9.17, 15) is 0 Å². The Hall–Kier alpha value is -1.06. The Morgan fingerprint density at radius 2 is 2.42 bits per heavy atom. The quantitative estimate of drug-likeness (QED) is 0.542. The number of hydrogen-bond donors (Lipinski definition) is 1. The second-order valence-corrected chi connectivity index (χ2v) is 2.97. The zero-order chi connectivity index (χ0) is 8.81. The van der Waals surface area contributed by atoms with Crippen molar-refractivity contribution in [1.29, 1.82) is 5.26 Å². The predicted molar refractivity (Wildman–Crippen MR) is 43.1 cm³/mol. The van der Waals surface area contributed by atoms with Crippen LogP contribution in [-0.2, 0) is 6.54 Å². The number of hydrogen-bond acceptors (Lipinski definition) is 6. The van der Waals surface area contributed by atoms with Crippen LogP contribution in [0, 0.1) is 11.3 Å². The van der Waals surface area contributed by atoms with Gasteiger partial charge < -0.3 is 10.2 Å². The van der Waals surface area contributed by atoms with Crippen molar-refractivity contribution in [3.63, 3.8) is 0 Å². The van der Waals surface area contributed by atoms with Gasteiger partial charge in [-0.05, 0) is 0 Å². The van der Waals surface area contributed by atoms with Crippen molar-refractivity contribution in [1.82, 2.24) is 10.2 Å². The molecule has 0 amide bonds. The maximum atomic E-state index is 8.25. The van der Waals surface area contributed by atoms with Crippen molar-refractivity contribution < 1.29 is 4.42 Å². The summed E-state index contributed by atoms with van der Waals surface area (Å²) in [7, 11) is 0. The summed E-state index contributed by atoms with van der Waals surface area (Å²) in [4.78, 5) is 0. The first kappa shape index (κ1) is 9.03. The summed E-state index contributed by atoms with van der Waals surface area (Å²) < 4.78 is 5.09. The molecule has 1 aromatic rings. The Labute approximate surface area is 73.9 Å². The molecule has 1 heterocycles. The zero-order valence-electron chi connectivity index (χ0n) is 6.36. The van der Waals surface area contributed by atoms with Crippen LogP contribution in [0.3, 0.4) is 0 Å². The minimum absolute atomic E-state index is 0.256. The van der Waals surface area contributed by atoms with Gasteiger partial charge in [-0.1, -0.05) is 11.8 Å². The molecule has 12 heavy (non-hydrogen) atoms. The largest absolute Gasteiger partial charge is 0.415 e. The molecule has 0 fully saturated rings. The van der Waals surface area contributed by atoms with E-state index in [2.05, 4.69) is 10.2 Å². The second kappa shape index (κ2) is 4.74. The van der Waals surface area contributed by atoms with Gasteiger partial charge in [0.05, 0.1) is 12.6 Å². The van der Waals surface area contributed by atoms with Crippen LogP contribution in [0.4, 0.5) is 0 Å². The van der Waals surface area contributed by atoms with Crippen LogP contribution in [0.5, 0.6) is 0 Å². The third-order valence-electron chi connectivity index (χ3n) is 1.06. The summed E-state index contributed by atoms with van der Waals surface area (Å²) >= 11 is 1.36. The number of thioether (sulfide) groups is 1. The molecule has 0 aliphatic rings. The topological polar surface area (TPSA) is 88.7 Å². The molecule has 1 aromatic heterocycles. The van der Waals surface area contributed by atoms with E-state index in [1.54, 1.807) is 0 Å². The number of nitrogens with two attached hydrogens (primary N) is 1. The lowest BCUT2D eigenvalue weighted by Gasteiger charge is -1.87. The molecule has 0 radical (unpaired) electrons. The van der Waals surface area contributed by atoms with E-state index in [1.807, 2.05) is 6.07 Å². The van der Waals surface area contributed by atoms with E-state index < -0.39 is 0 Å². The summed E-state index contributed by atoms with van der Waals surface area (Å²) in [6.07, 6.45) is 0.477. The van der Waals surface area contributed by atoms with Gasteiger partial charge in [0.1, 0.15) is 0 Å². The smallest absolute Gasteiger partial charge is 0.276 e. The molecule has 0 spiro atoms. The minimum Gasteiger partial charge on any atom is -0.415 e. The Kier molecular flexibility index (Phi) is 3.57. The number of nitrogens with zero attached hydrogens (tertiary/aromatic N) is 3. The molecule has 2 N–H and O–H groups in total. The molecule has 0 aliphatic heterocycles. The van der Waals surface area contributed by atoms with E-state index in [1.165, 1.54) is 11.8 Å². The van der Waals surface area contributed by atoms with Gasteiger partial charge in [0.2, 0.25) is 5.89 Å². The fraction of sp³-hybridized carbons (Fsp3) is 0.500. The van der Waals surface area contributed by atoms with Crippen LogP contribution in [0.2, 0.25) is 0 Å². The van der Waals surface area contributed by atoms with Crippen LogP contribution < -0.4 is 5.73 Å². The molecule has 0 bridgehead atoms. The molecular formula is C6H8N4OS. The second-order valence-electron chi connectivity index (χ2n) is 1.92. The fourth-order valence-corrected chi connectivity index (χ4v) is 1.18. The number of rotatable bonds is 4. The molecule has 0 unspecified atom stereocenters. The van der Waals surface area contributed by atoms with Gasteiger partial charge in [0.25, 0.3) is 5.22 Å². The van der Waals surface area contributed by atoms with E-state index in [-0.39, 0.29) is 6.54 Å². The first-order chi connectivity index (χ1) is 5.86. The molecule has 6 heteroatoms. The van der Waals surface area contributed by atoms with Gasteiger partial charge >= 0.3 is 0 Å². The minimum atomic E-state index is 0.256. The van der Waals surface area contributed by atoms with E-state index in [0.29, 0.717) is 23.3 Å². The fourth-order valence-electron chi connectivity index (χ4n) is 0.563. The highest BCUT2D eigenvalue weighted by atomic mass is 32.2. The molecule has 5 nitrogen and oxygen atoms in total. The van der Waals surface area contributed by atoms with Gasteiger partial charge in [-0.3, -0.25) is 0 Å². The van der Waals surface area contributed by atoms with Gasteiger partial charge in [-0.25, -0.2) is 0 Å². The van der Waals surface area contributed by atoms with Crippen molar-refractivity contribution >= 4 is 11.8 Å². The molecule has 64 valence electrons. The zero-order valence-corrected chi connectivity index (χ0v) is 7.17. The van der Waals surface area contributed by atoms with Gasteiger partial charge in [0.15, 0.2) is 0 Å². The Balaban J connectivity index is 2.37. The number of aromatic nitrogens is 2. The van der Waals surface area contributed by atoms with Crippen LogP contribution in [0.15, 0.2) is 9.64 Å². The van der Waals surface area contributed by atoms with E-state index in [4.69, 9.17) is 15.4 Å². The lowest BCUT2D eigenvalue weighted by molar-refractivity contribution is 0.415. The summed E-state index contributed by atoms with van der Waals surface area (Å²) in [5, 5.41) is 16.1. The molecular weight excluding hydrogens is 176 g/mol. The molecule has 0 atom stereocenters. The average molecular weight is 184 g/mol. The maximum Gasteiger partial charge on any atom is 0.276 e. The highest BCUT2D eigenvalue weighted by molar-refractivity contribution is 7.99. The summed E-state index contributed by atoms with van der Waals surface area (Å²) in [6, 6.07) is 2.02. The van der Waals surface area contributed by atoms with Crippen molar-refractivity contribution in [2.24, 2.45) is 5.73 Å². The van der Waals surface area contributed by atoms with Crippen LogP contribution in [0.25, 0.3) is 0 Å². The molecule has 1 rings (SSSR count). The van der Waals surface area contributed by atoms with Gasteiger partial charge in [0, 0.05) is 12.2 Å². The molecule has 0 saturated heterocycles. The van der Waals surface area contributed by atoms with Crippen LogP contribution in [0.1, 0.15) is 12.3 Å². The lowest BCUT2D eigenvalue weighted by atomic mass is 10.6. The number of nitriles is 1. The summed E-state index contributed by atoms with van der Waals surface area (Å²) in [5.74, 6) is 1.09. The van der Waals surface area contributed by atoms with Crippen molar-refractivity contribution in [3.05, 3.63) is 5.89 Å². The van der Waals surface area contributed by atoms with Crippen molar-refractivity contribution in [3.8, 4) is 6.07 Å². The summed E-state index contributed by atoms with van der Waals surface area (Å²) in [5.41, 5.74) is 5.26. The Bertz CT molecular complexity index is 279. The predicted octanol–water partition coefficient (Wildman–Crippen LogP) is 0.534. The van der Waals surface area contributed by atoms with Crippen molar-refractivity contribution in [2.75, 3.05) is 5.75 Å². The highest BCUT2D eigenvalue weighted by Gasteiger charge is 2.03. The first-order valence-electron chi connectivity index (χ1n) is 3.39. The van der Waals surface area contributed by atoms with E-state index >= 15 is 0 Å². The standard InChI is InChI=1S/C6H8N4OS/c7-2-1-3-12-6-10-9-5(4-8)11-6/h1,3-4,8H2. The SMILES string of the molecule is N#CCCSc1nnc(CN)o1. The average Bonchev–Trinajstić information content (AvgIpc) is 2.53. The van der Waals surface area contributed by atoms with Gasteiger partial charge in [-0.15, -0.1) is 10.2 Å². The molecule has 0 saturated carbocycles. The Morgan fingerprint density at radius 1 is 1.58 bits per heavy atom. The monoisotopic (exact) mass is 184 g/mol. The first-order valence-corrected chi connectivity index (χ1v) is 4.37. The third kappa shape index (κ3) is 2.53. The Morgan fingerprint density at radius 3 is 3.00 bits per heavy atom. The lowest BCUT2D eigenvalue weighted by Crippen LogP contribution is -1.95. The van der Waals surface area contributed by atoms with Crippen molar-refractivity contribution in [2.45, 2.75) is 18.2 Å². The maximum absolute atomic E-state index is 8.25. The normalized spacial score (nSPS) is 9.67. The summed E-state index contributed by atoms with van der Waals surface area (Å²) in [6.45, 7) is 0.256. The van der Waals surface area contributed by atoms with Gasteiger partial charge in [-0.2, -0.15) is 5.26 Å². The third-order valence-corrected chi connectivity index (χ3v) is 1.88. The van der Waals surface area contributed by atoms with E-state index in [0.717, 1.165) is 0 Å². The van der Waals surface area contributed by atoms with Crippen LogP contribution >= 0.6 is 11.8 Å². The highest BCUT2D eigenvalue weighted by Crippen LogP contribution is 2.15.